The largest absolute Gasteiger partial charge is 0.479 e. The fraction of sp³-hybridized carbons (Fsp3) is 0.300. The van der Waals surface area contributed by atoms with Gasteiger partial charge >= 0.3 is 0 Å². The van der Waals surface area contributed by atoms with E-state index in [0.29, 0.717) is 22.3 Å². The lowest BCUT2D eigenvalue weighted by molar-refractivity contribution is -0.387. The number of carbonyl (C=O) groups excluding carboxylic acids is 1. The lowest BCUT2D eigenvalue weighted by Crippen LogP contribution is -2.12. The molecule has 146 valence electrons. The number of thioether (sulfide) groups is 1. The summed E-state index contributed by atoms with van der Waals surface area (Å²) in [6, 6.07) is 13.0. The van der Waals surface area contributed by atoms with Crippen LogP contribution < -0.4 is 10.1 Å². The molecule has 28 heavy (non-hydrogen) atoms. The Hall–Kier alpha value is -3.05. The Bertz CT molecular complexity index is 893. The minimum absolute atomic E-state index is 0.0764. The second kappa shape index (κ2) is 10.3. The molecular weight excluding hydrogens is 378 g/mol. The average Bonchev–Trinajstić information content (AvgIpc) is 2.66. The predicted molar refractivity (Wildman–Crippen MR) is 109 cm³/mol. The van der Waals surface area contributed by atoms with Gasteiger partial charge in [0.25, 0.3) is 11.6 Å². The van der Waals surface area contributed by atoms with Gasteiger partial charge in [0, 0.05) is 23.4 Å². The van der Waals surface area contributed by atoms with E-state index in [9.17, 15) is 14.9 Å². The minimum Gasteiger partial charge on any atom is -0.479 e. The van der Waals surface area contributed by atoms with Crippen LogP contribution in [0.3, 0.4) is 0 Å². The molecule has 0 saturated heterocycles. The molecular formula is C20H21N3O4S. The zero-order valence-corrected chi connectivity index (χ0v) is 16.5. The van der Waals surface area contributed by atoms with Crippen molar-refractivity contribution in [1.29, 1.82) is 5.26 Å². The van der Waals surface area contributed by atoms with Crippen LogP contribution in [-0.2, 0) is 0 Å². The number of hydrogen-bond donors (Lipinski definition) is 1. The number of rotatable bonds is 9. The number of anilines is 1. The van der Waals surface area contributed by atoms with Gasteiger partial charge in [-0.25, -0.2) is 0 Å². The fourth-order valence-corrected chi connectivity index (χ4v) is 3.57. The monoisotopic (exact) mass is 399 g/mol. The predicted octanol–water partition coefficient (Wildman–Crippen LogP) is 4.89. The smallest absolute Gasteiger partial charge is 0.283 e. The number of nitro benzene ring substituents is 1. The Morgan fingerprint density at radius 1 is 1.32 bits per heavy atom. The van der Waals surface area contributed by atoms with Gasteiger partial charge in [0.1, 0.15) is 11.8 Å². The first-order valence-corrected chi connectivity index (χ1v) is 9.71. The molecule has 0 bridgehead atoms. The third kappa shape index (κ3) is 6.28. The van der Waals surface area contributed by atoms with Gasteiger partial charge in [-0.15, -0.1) is 11.8 Å². The van der Waals surface area contributed by atoms with Crippen molar-refractivity contribution in [2.75, 3.05) is 17.7 Å². The summed E-state index contributed by atoms with van der Waals surface area (Å²) in [5, 5.41) is 22.7. The number of carbonyl (C=O) groups is 1. The van der Waals surface area contributed by atoms with Crippen molar-refractivity contribution in [3.8, 4) is 11.8 Å². The summed E-state index contributed by atoms with van der Waals surface area (Å²) >= 11 is 1.42. The molecule has 0 spiro atoms. The number of nitrogens with one attached hydrogen (secondary N) is 1. The summed E-state index contributed by atoms with van der Waals surface area (Å²) < 4.78 is 5.20. The Kier molecular flexibility index (Phi) is 7.84. The van der Waals surface area contributed by atoms with Crippen molar-refractivity contribution < 1.29 is 14.5 Å². The number of benzene rings is 2. The third-order valence-electron chi connectivity index (χ3n) is 3.77. The first-order chi connectivity index (χ1) is 13.4. The van der Waals surface area contributed by atoms with Crippen LogP contribution in [0.1, 0.15) is 30.6 Å². The number of nitriles is 1. The van der Waals surface area contributed by atoms with Crippen LogP contribution in [0.2, 0.25) is 0 Å². The molecule has 7 nitrogen and oxygen atoms in total. The first-order valence-electron chi connectivity index (χ1n) is 8.73. The van der Waals surface area contributed by atoms with Crippen LogP contribution in [0.15, 0.2) is 47.4 Å². The molecule has 2 aromatic rings. The zero-order chi connectivity index (χ0) is 20.5. The number of nitrogens with zero attached hydrogens (tertiary/aromatic N) is 2. The van der Waals surface area contributed by atoms with Crippen molar-refractivity contribution in [2.24, 2.45) is 5.92 Å². The van der Waals surface area contributed by atoms with Crippen LogP contribution in [0.4, 0.5) is 11.4 Å². The van der Waals surface area contributed by atoms with E-state index in [2.05, 4.69) is 19.2 Å². The van der Waals surface area contributed by atoms with Crippen molar-refractivity contribution in [1.82, 2.24) is 0 Å². The van der Waals surface area contributed by atoms with Crippen molar-refractivity contribution in [3.63, 3.8) is 0 Å². The molecule has 0 aromatic heterocycles. The highest BCUT2D eigenvalue weighted by Crippen LogP contribution is 2.31. The lowest BCUT2D eigenvalue weighted by Gasteiger charge is -2.09. The summed E-state index contributed by atoms with van der Waals surface area (Å²) in [5.41, 5.74) is 0.592. The Balaban J connectivity index is 2.14. The number of hydrogen-bond acceptors (Lipinski definition) is 6. The van der Waals surface area contributed by atoms with E-state index < -0.39 is 10.8 Å². The second-order valence-electron chi connectivity index (χ2n) is 6.40. The molecule has 0 heterocycles. The summed E-state index contributed by atoms with van der Waals surface area (Å²) in [7, 11) is 0. The molecule has 2 aromatic carbocycles. The molecule has 0 saturated carbocycles. The minimum atomic E-state index is -0.467. The molecule has 0 fully saturated rings. The third-order valence-corrected chi connectivity index (χ3v) is 4.86. The van der Waals surface area contributed by atoms with Crippen LogP contribution >= 0.6 is 11.8 Å². The fourth-order valence-electron chi connectivity index (χ4n) is 2.31. The average molecular weight is 399 g/mol. The molecule has 2 rings (SSSR count). The lowest BCUT2D eigenvalue weighted by atomic mass is 10.2. The van der Waals surface area contributed by atoms with Crippen LogP contribution in [-0.4, -0.2) is 23.2 Å². The van der Waals surface area contributed by atoms with Gasteiger partial charge in [0.15, 0.2) is 6.61 Å². The quantitative estimate of drug-likeness (QED) is 0.366. The zero-order valence-electron chi connectivity index (χ0n) is 15.7. The van der Waals surface area contributed by atoms with E-state index in [0.717, 1.165) is 12.2 Å². The summed E-state index contributed by atoms with van der Waals surface area (Å²) in [5.74, 6) is 1.28. The van der Waals surface area contributed by atoms with Gasteiger partial charge in [0.2, 0.25) is 0 Å². The molecule has 0 atom stereocenters. The van der Waals surface area contributed by atoms with E-state index in [1.54, 1.807) is 36.4 Å². The number of amides is 1. The van der Waals surface area contributed by atoms with E-state index in [-0.39, 0.29) is 17.9 Å². The first kappa shape index (κ1) is 21.3. The molecule has 0 aliphatic carbocycles. The van der Waals surface area contributed by atoms with Crippen molar-refractivity contribution in [3.05, 3.63) is 58.1 Å². The molecule has 0 unspecified atom stereocenters. The Morgan fingerprint density at radius 3 is 2.79 bits per heavy atom. The highest BCUT2D eigenvalue weighted by atomic mass is 32.2. The Morgan fingerprint density at radius 2 is 2.11 bits per heavy atom. The number of nitro groups is 1. The van der Waals surface area contributed by atoms with Crippen LogP contribution in [0, 0.1) is 27.4 Å². The summed E-state index contributed by atoms with van der Waals surface area (Å²) in [6.07, 6.45) is 0.953. The molecule has 8 heteroatoms. The van der Waals surface area contributed by atoms with E-state index in [4.69, 9.17) is 10.00 Å². The van der Waals surface area contributed by atoms with Crippen LogP contribution in [0.25, 0.3) is 0 Å². The molecule has 1 amide bonds. The normalized spacial score (nSPS) is 10.4. The van der Waals surface area contributed by atoms with Gasteiger partial charge in [0.05, 0.1) is 9.82 Å². The van der Waals surface area contributed by atoms with Crippen molar-refractivity contribution in [2.45, 2.75) is 25.2 Å². The molecule has 1 N–H and O–H groups in total. The van der Waals surface area contributed by atoms with E-state index in [1.165, 1.54) is 17.8 Å². The van der Waals surface area contributed by atoms with E-state index in [1.807, 2.05) is 6.07 Å². The van der Waals surface area contributed by atoms with Gasteiger partial charge in [-0.1, -0.05) is 19.9 Å². The van der Waals surface area contributed by atoms with Gasteiger partial charge in [-0.3, -0.25) is 14.9 Å². The number of ether oxygens (including phenoxy) is 1. The second-order valence-corrected chi connectivity index (χ2v) is 7.54. The highest BCUT2D eigenvalue weighted by molar-refractivity contribution is 7.99. The highest BCUT2D eigenvalue weighted by Gasteiger charge is 2.18. The SMILES string of the molecule is CC(C)CCSc1ccc(C(=O)Nc2cccc(OCC#N)c2)cc1[N+](=O)[O-]. The molecule has 0 aliphatic heterocycles. The van der Waals surface area contributed by atoms with Gasteiger partial charge in [-0.05, 0) is 42.4 Å². The summed E-state index contributed by atoms with van der Waals surface area (Å²) in [6.45, 7) is 4.10. The molecule has 0 aliphatic rings. The standard InChI is InChI=1S/C20H21N3O4S/c1-14(2)8-11-28-19-7-6-15(12-18(19)23(25)26)20(24)22-16-4-3-5-17(13-16)27-10-9-21/h3-7,12-14H,8,10-11H2,1-2H3,(H,22,24). The maximum atomic E-state index is 12.5. The maximum absolute atomic E-state index is 12.5. The maximum Gasteiger partial charge on any atom is 0.283 e. The van der Waals surface area contributed by atoms with E-state index >= 15 is 0 Å². The summed E-state index contributed by atoms with van der Waals surface area (Å²) in [4.78, 5) is 24.0. The van der Waals surface area contributed by atoms with Crippen molar-refractivity contribution >= 4 is 29.0 Å². The van der Waals surface area contributed by atoms with Gasteiger partial charge in [-0.2, -0.15) is 5.26 Å². The Labute approximate surface area is 167 Å². The topological polar surface area (TPSA) is 105 Å². The van der Waals surface area contributed by atoms with Gasteiger partial charge < -0.3 is 10.1 Å². The van der Waals surface area contributed by atoms with Crippen LogP contribution in [0.5, 0.6) is 5.75 Å². The molecule has 0 radical (unpaired) electrons.